The minimum Gasteiger partial charge on any atom is -0.354 e. The first-order valence-electron chi connectivity index (χ1n) is 5.40. The van der Waals surface area contributed by atoms with Crippen LogP contribution in [0.1, 0.15) is 0 Å². The maximum atomic E-state index is 11.5. The maximum Gasteiger partial charge on any atom is 0.262 e. The quantitative estimate of drug-likeness (QED) is 0.519. The molecular weight excluding hydrogens is 415 g/mol. The van der Waals surface area contributed by atoms with Crippen molar-refractivity contribution in [2.75, 3.05) is 5.32 Å². The summed E-state index contributed by atoms with van der Waals surface area (Å²) >= 11 is 8.24. The average molecular weight is 425 g/mol. The highest BCUT2D eigenvalue weighted by molar-refractivity contribution is 14.1. The first-order valence-corrected chi connectivity index (χ1v) is 8.34. The fraction of sp³-hybridized carbons (Fsp3) is 0. The lowest BCUT2D eigenvalue weighted by Gasteiger charge is -2.10. The van der Waals surface area contributed by atoms with Crippen molar-refractivity contribution >= 4 is 55.6 Å². The molecule has 0 aliphatic carbocycles. The van der Waals surface area contributed by atoms with Crippen LogP contribution in [-0.4, -0.2) is 13.6 Å². The zero-order valence-electron chi connectivity index (χ0n) is 9.97. The summed E-state index contributed by atoms with van der Waals surface area (Å²) in [5, 5.41) is 12.2. The number of nitrogens with one attached hydrogen (secondary N) is 2. The summed E-state index contributed by atoms with van der Waals surface area (Å²) < 4.78 is 24.0. The van der Waals surface area contributed by atoms with Crippen LogP contribution in [0, 0.1) is 3.57 Å². The normalized spacial score (nSPS) is 11.3. The molecule has 0 saturated heterocycles. The van der Waals surface area contributed by atoms with Crippen LogP contribution in [0.3, 0.4) is 0 Å². The first-order chi connectivity index (χ1) is 9.42. The van der Waals surface area contributed by atoms with Crippen molar-refractivity contribution in [3.63, 3.8) is 0 Å². The Morgan fingerprint density at radius 1 is 1.15 bits per heavy atom. The third-order valence-corrected chi connectivity index (χ3v) is 4.57. The van der Waals surface area contributed by atoms with Crippen molar-refractivity contribution in [1.29, 1.82) is 0 Å². The number of hydrogen-bond donors (Lipinski definition) is 3. The van der Waals surface area contributed by atoms with Crippen LogP contribution in [0.2, 0.25) is 5.02 Å². The van der Waals surface area contributed by atoms with Crippen LogP contribution in [0.4, 0.5) is 11.4 Å². The van der Waals surface area contributed by atoms with Gasteiger partial charge in [0.05, 0.1) is 15.6 Å². The zero-order chi connectivity index (χ0) is 14.8. The summed E-state index contributed by atoms with van der Waals surface area (Å²) in [6.07, 6.45) is 0. The van der Waals surface area contributed by atoms with Gasteiger partial charge in [0.15, 0.2) is 0 Å². The van der Waals surface area contributed by atoms with Crippen LogP contribution in [-0.2, 0) is 10.0 Å². The molecule has 0 atom stereocenters. The van der Waals surface area contributed by atoms with Crippen LogP contribution in [0.5, 0.6) is 0 Å². The van der Waals surface area contributed by atoms with E-state index in [9.17, 15) is 8.42 Å². The van der Waals surface area contributed by atoms with Crippen molar-refractivity contribution in [2.24, 2.45) is 0 Å². The number of sulfonamides is 1. The fourth-order valence-corrected chi connectivity index (χ4v) is 3.09. The van der Waals surface area contributed by atoms with Crippen LogP contribution >= 0.6 is 34.2 Å². The van der Waals surface area contributed by atoms with Gasteiger partial charge < -0.3 is 10.5 Å². The Balaban J connectivity index is 2.33. The second-order valence-electron chi connectivity index (χ2n) is 3.87. The molecule has 5 nitrogen and oxygen atoms in total. The van der Waals surface area contributed by atoms with E-state index in [2.05, 4.69) is 27.9 Å². The molecule has 0 unspecified atom stereocenters. The summed E-state index contributed by atoms with van der Waals surface area (Å²) in [7, 11) is -3.90. The fourth-order valence-electron chi connectivity index (χ4n) is 1.54. The van der Waals surface area contributed by atoms with Crippen molar-refractivity contribution in [1.82, 2.24) is 4.89 Å². The molecule has 0 aromatic heterocycles. The standard InChI is InChI=1S/C12H10ClIN2O3S/c13-11-6-8(14)4-5-12(11)15-9-2-1-3-10(7-9)20(18,19)16-17/h1-7,15-17H. The minimum absolute atomic E-state index is 0.0494. The molecule has 0 amide bonds. The summed E-state index contributed by atoms with van der Waals surface area (Å²) in [6.45, 7) is 0. The molecule has 0 heterocycles. The van der Waals surface area contributed by atoms with Gasteiger partial charge in [-0.25, -0.2) is 8.42 Å². The van der Waals surface area contributed by atoms with E-state index in [-0.39, 0.29) is 4.90 Å². The molecule has 0 fully saturated rings. The van der Waals surface area contributed by atoms with Gasteiger partial charge in [0.1, 0.15) is 0 Å². The van der Waals surface area contributed by atoms with Gasteiger partial charge in [-0.05, 0) is 59.0 Å². The molecule has 0 saturated carbocycles. The average Bonchev–Trinajstić information content (AvgIpc) is 2.42. The van der Waals surface area contributed by atoms with Gasteiger partial charge in [0, 0.05) is 9.26 Å². The molecule has 0 aliphatic rings. The maximum absolute atomic E-state index is 11.5. The molecule has 20 heavy (non-hydrogen) atoms. The lowest BCUT2D eigenvalue weighted by Crippen LogP contribution is -2.19. The van der Waals surface area contributed by atoms with Gasteiger partial charge in [-0.15, -0.1) is 0 Å². The van der Waals surface area contributed by atoms with Gasteiger partial charge in [0.2, 0.25) is 0 Å². The third kappa shape index (κ3) is 3.61. The summed E-state index contributed by atoms with van der Waals surface area (Å²) in [4.78, 5) is 1.24. The molecule has 106 valence electrons. The summed E-state index contributed by atoms with van der Waals surface area (Å²) in [5.74, 6) is 0. The molecule has 2 aromatic carbocycles. The van der Waals surface area contributed by atoms with Gasteiger partial charge >= 0.3 is 0 Å². The smallest absolute Gasteiger partial charge is 0.262 e. The van der Waals surface area contributed by atoms with Crippen molar-refractivity contribution in [2.45, 2.75) is 4.90 Å². The third-order valence-electron chi connectivity index (χ3n) is 2.47. The summed E-state index contributed by atoms with van der Waals surface area (Å²) in [5.41, 5.74) is 1.21. The molecule has 0 bridgehead atoms. The number of anilines is 2. The minimum atomic E-state index is -3.90. The number of hydrogen-bond acceptors (Lipinski definition) is 4. The molecule has 0 spiro atoms. The van der Waals surface area contributed by atoms with E-state index in [1.807, 2.05) is 6.07 Å². The highest BCUT2D eigenvalue weighted by Crippen LogP contribution is 2.27. The van der Waals surface area contributed by atoms with E-state index < -0.39 is 10.0 Å². The van der Waals surface area contributed by atoms with E-state index in [1.165, 1.54) is 17.0 Å². The van der Waals surface area contributed by atoms with Gasteiger partial charge in [-0.1, -0.05) is 22.6 Å². The molecular formula is C12H10ClIN2O3S. The Hall–Kier alpha value is -0.870. The summed E-state index contributed by atoms with van der Waals surface area (Å²) in [6, 6.07) is 11.5. The van der Waals surface area contributed by atoms with E-state index in [1.54, 1.807) is 24.3 Å². The second-order valence-corrected chi connectivity index (χ2v) is 7.19. The number of rotatable bonds is 4. The Kier molecular flexibility index (Phi) is 4.86. The molecule has 3 N–H and O–H groups in total. The van der Waals surface area contributed by atoms with E-state index in [4.69, 9.17) is 16.8 Å². The predicted molar refractivity (Wildman–Crippen MR) is 86.0 cm³/mol. The SMILES string of the molecule is O=S(=O)(NO)c1cccc(Nc2ccc(I)cc2Cl)c1. The molecule has 0 aliphatic heterocycles. The lowest BCUT2D eigenvalue weighted by molar-refractivity contribution is 0.242. The van der Waals surface area contributed by atoms with Gasteiger partial charge in [0.25, 0.3) is 10.0 Å². The highest BCUT2D eigenvalue weighted by atomic mass is 127. The first kappa shape index (κ1) is 15.5. The van der Waals surface area contributed by atoms with Crippen molar-refractivity contribution in [3.8, 4) is 0 Å². The number of halogens is 2. The second kappa shape index (κ2) is 6.27. The topological polar surface area (TPSA) is 78.4 Å². The van der Waals surface area contributed by atoms with Gasteiger partial charge in [-0.2, -0.15) is 0 Å². The largest absolute Gasteiger partial charge is 0.354 e. The lowest BCUT2D eigenvalue weighted by atomic mass is 10.2. The monoisotopic (exact) mass is 424 g/mol. The molecule has 8 heteroatoms. The van der Waals surface area contributed by atoms with Crippen molar-refractivity contribution in [3.05, 3.63) is 51.1 Å². The van der Waals surface area contributed by atoms with Crippen LogP contribution in [0.25, 0.3) is 0 Å². The van der Waals surface area contributed by atoms with Crippen LogP contribution in [0.15, 0.2) is 47.4 Å². The molecule has 2 aromatic rings. The van der Waals surface area contributed by atoms with Crippen molar-refractivity contribution < 1.29 is 13.6 Å². The Bertz CT molecular complexity index is 737. The van der Waals surface area contributed by atoms with E-state index >= 15 is 0 Å². The predicted octanol–water partition coefficient (Wildman–Crippen LogP) is 3.36. The Morgan fingerprint density at radius 2 is 1.90 bits per heavy atom. The Morgan fingerprint density at radius 3 is 2.55 bits per heavy atom. The van der Waals surface area contributed by atoms with E-state index in [0.29, 0.717) is 16.4 Å². The Labute approximate surface area is 135 Å². The van der Waals surface area contributed by atoms with Crippen LogP contribution < -0.4 is 10.2 Å². The highest BCUT2D eigenvalue weighted by Gasteiger charge is 2.13. The number of benzene rings is 2. The zero-order valence-corrected chi connectivity index (χ0v) is 13.7. The van der Waals surface area contributed by atoms with E-state index in [0.717, 1.165) is 3.57 Å². The molecule has 2 rings (SSSR count). The molecule has 0 radical (unpaired) electrons. The van der Waals surface area contributed by atoms with Gasteiger partial charge in [-0.3, -0.25) is 0 Å².